The van der Waals surface area contributed by atoms with Crippen LogP contribution in [0.15, 0.2) is 5.38 Å². The highest BCUT2D eigenvalue weighted by molar-refractivity contribution is 7.09. The number of rotatable bonds is 3. The van der Waals surface area contributed by atoms with Gasteiger partial charge in [0.15, 0.2) is 0 Å². The molecule has 1 N–H and O–H groups in total. The predicted octanol–water partition coefficient (Wildman–Crippen LogP) is 1.29. The Bertz CT molecular complexity index is 311. The van der Waals surface area contributed by atoms with Crippen molar-refractivity contribution < 1.29 is 0 Å². The van der Waals surface area contributed by atoms with Crippen molar-refractivity contribution >= 4 is 11.3 Å². The van der Waals surface area contributed by atoms with E-state index in [1.54, 1.807) is 11.3 Å². The van der Waals surface area contributed by atoms with E-state index in [-0.39, 0.29) is 0 Å². The molecule has 1 unspecified atom stereocenters. The first-order valence-corrected chi connectivity index (χ1v) is 6.45. The summed E-state index contributed by atoms with van der Waals surface area (Å²) in [6.07, 6.45) is 2.34. The van der Waals surface area contributed by atoms with E-state index in [1.165, 1.54) is 18.0 Å². The molecule has 4 heteroatoms. The summed E-state index contributed by atoms with van der Waals surface area (Å²) in [5.74, 6) is 0. The lowest BCUT2D eigenvalue weighted by Gasteiger charge is -2.32. The van der Waals surface area contributed by atoms with E-state index in [0.717, 1.165) is 25.2 Å². The summed E-state index contributed by atoms with van der Waals surface area (Å²) in [6.45, 7) is 5.49. The Morgan fingerprint density at radius 2 is 2.53 bits per heavy atom. The zero-order chi connectivity index (χ0) is 10.7. The third-order valence-corrected chi connectivity index (χ3v) is 4.03. The van der Waals surface area contributed by atoms with E-state index in [2.05, 4.69) is 34.6 Å². The molecule has 0 spiro atoms. The molecule has 2 heterocycles. The lowest BCUT2D eigenvalue weighted by molar-refractivity contribution is 0.190. The maximum Gasteiger partial charge on any atom is 0.0928 e. The molecule has 1 aliphatic rings. The zero-order valence-corrected chi connectivity index (χ0v) is 10.3. The number of aromatic nitrogens is 1. The van der Waals surface area contributed by atoms with Crippen LogP contribution in [0, 0.1) is 6.92 Å². The molecule has 1 aromatic heterocycles. The second-order valence-electron chi connectivity index (χ2n) is 4.26. The monoisotopic (exact) mass is 225 g/mol. The predicted molar refractivity (Wildman–Crippen MR) is 64.5 cm³/mol. The molecule has 0 amide bonds. The molecule has 1 aliphatic heterocycles. The van der Waals surface area contributed by atoms with Crippen molar-refractivity contribution in [1.29, 1.82) is 0 Å². The number of thiazole rings is 1. The van der Waals surface area contributed by atoms with Gasteiger partial charge in [0, 0.05) is 43.2 Å². The third-order valence-electron chi connectivity index (χ3n) is 3.00. The molecular formula is C11H19N3S. The second kappa shape index (κ2) is 5.05. The highest BCUT2D eigenvalue weighted by Crippen LogP contribution is 2.14. The van der Waals surface area contributed by atoms with Gasteiger partial charge < -0.3 is 10.2 Å². The fourth-order valence-corrected chi connectivity index (χ4v) is 2.78. The maximum absolute atomic E-state index is 4.50. The van der Waals surface area contributed by atoms with E-state index in [0.29, 0.717) is 6.04 Å². The van der Waals surface area contributed by atoms with E-state index >= 15 is 0 Å². The summed E-state index contributed by atoms with van der Waals surface area (Å²) >= 11 is 1.79. The van der Waals surface area contributed by atoms with Crippen LogP contribution in [0.4, 0.5) is 0 Å². The summed E-state index contributed by atoms with van der Waals surface area (Å²) in [5.41, 5.74) is 1.16. The summed E-state index contributed by atoms with van der Waals surface area (Å²) in [5, 5.41) is 6.87. The van der Waals surface area contributed by atoms with Crippen LogP contribution in [0.1, 0.15) is 17.1 Å². The lowest BCUT2D eigenvalue weighted by Crippen LogP contribution is -2.49. The van der Waals surface area contributed by atoms with Gasteiger partial charge in [0.1, 0.15) is 0 Å². The Kier molecular flexibility index (Phi) is 3.72. The van der Waals surface area contributed by atoms with Gasteiger partial charge in [-0.05, 0) is 20.4 Å². The molecule has 0 aliphatic carbocycles. The minimum Gasteiger partial charge on any atom is -0.314 e. The van der Waals surface area contributed by atoms with E-state index < -0.39 is 0 Å². The van der Waals surface area contributed by atoms with Crippen molar-refractivity contribution in [2.75, 3.05) is 26.7 Å². The van der Waals surface area contributed by atoms with Crippen LogP contribution in [0.5, 0.6) is 0 Å². The molecule has 15 heavy (non-hydrogen) atoms. The number of hydrogen-bond acceptors (Lipinski definition) is 4. The van der Waals surface area contributed by atoms with E-state index in [9.17, 15) is 0 Å². The van der Waals surface area contributed by atoms with Crippen LogP contribution in [0.3, 0.4) is 0 Å². The Labute approximate surface area is 95.5 Å². The highest BCUT2D eigenvalue weighted by Gasteiger charge is 2.18. The van der Waals surface area contributed by atoms with Gasteiger partial charge in [0.25, 0.3) is 0 Å². The average molecular weight is 225 g/mol. The van der Waals surface area contributed by atoms with Gasteiger partial charge in [-0.2, -0.15) is 0 Å². The second-order valence-corrected chi connectivity index (χ2v) is 5.20. The normalized spacial score (nSPS) is 23.2. The quantitative estimate of drug-likeness (QED) is 0.840. The third kappa shape index (κ3) is 3.00. The van der Waals surface area contributed by atoms with Crippen LogP contribution in [0.25, 0.3) is 0 Å². The Morgan fingerprint density at radius 3 is 3.20 bits per heavy atom. The molecular weight excluding hydrogens is 206 g/mol. The fourth-order valence-electron chi connectivity index (χ4n) is 1.99. The molecule has 3 nitrogen and oxygen atoms in total. The molecule has 84 valence electrons. The molecule has 1 saturated heterocycles. The van der Waals surface area contributed by atoms with Crippen LogP contribution in [-0.4, -0.2) is 42.6 Å². The van der Waals surface area contributed by atoms with Crippen LogP contribution >= 0.6 is 11.3 Å². The van der Waals surface area contributed by atoms with Crippen molar-refractivity contribution in [3.05, 3.63) is 16.1 Å². The topological polar surface area (TPSA) is 28.2 Å². The summed E-state index contributed by atoms with van der Waals surface area (Å²) in [7, 11) is 2.22. The minimum atomic E-state index is 0.683. The van der Waals surface area contributed by atoms with Gasteiger partial charge in [0.2, 0.25) is 0 Å². The number of likely N-dealkylation sites (N-methyl/N-ethyl adjacent to an activating group) is 1. The van der Waals surface area contributed by atoms with Gasteiger partial charge in [-0.15, -0.1) is 11.3 Å². The number of hydrogen-bond donors (Lipinski definition) is 1. The van der Waals surface area contributed by atoms with Crippen LogP contribution in [0.2, 0.25) is 0 Å². The number of nitrogens with one attached hydrogen (secondary N) is 1. The van der Waals surface area contributed by atoms with E-state index in [4.69, 9.17) is 0 Å². The Balaban J connectivity index is 1.81. The Hall–Kier alpha value is -0.450. The van der Waals surface area contributed by atoms with Gasteiger partial charge in [-0.25, -0.2) is 4.98 Å². The molecule has 0 aromatic carbocycles. The maximum atomic E-state index is 4.50. The van der Waals surface area contributed by atoms with Crippen molar-refractivity contribution in [3.63, 3.8) is 0 Å². The average Bonchev–Trinajstić information content (AvgIpc) is 2.63. The smallest absolute Gasteiger partial charge is 0.0928 e. The van der Waals surface area contributed by atoms with Crippen molar-refractivity contribution in [2.45, 2.75) is 25.8 Å². The van der Waals surface area contributed by atoms with Crippen LogP contribution in [-0.2, 0) is 6.42 Å². The molecule has 0 radical (unpaired) electrons. The molecule has 0 saturated carbocycles. The fraction of sp³-hybridized carbons (Fsp3) is 0.727. The zero-order valence-electron chi connectivity index (χ0n) is 9.49. The molecule has 1 fully saturated rings. The number of aryl methyl sites for hydroxylation is 2. The number of nitrogens with zero attached hydrogens (tertiary/aromatic N) is 2. The van der Waals surface area contributed by atoms with Crippen molar-refractivity contribution in [3.8, 4) is 0 Å². The van der Waals surface area contributed by atoms with Gasteiger partial charge >= 0.3 is 0 Å². The van der Waals surface area contributed by atoms with Crippen molar-refractivity contribution in [1.82, 2.24) is 15.2 Å². The van der Waals surface area contributed by atoms with Gasteiger partial charge in [0.05, 0.1) is 5.01 Å². The Morgan fingerprint density at radius 1 is 1.67 bits per heavy atom. The van der Waals surface area contributed by atoms with Crippen molar-refractivity contribution in [2.24, 2.45) is 0 Å². The first-order chi connectivity index (χ1) is 7.25. The first-order valence-electron chi connectivity index (χ1n) is 5.57. The molecule has 1 aromatic rings. The van der Waals surface area contributed by atoms with E-state index in [1.807, 2.05) is 0 Å². The SMILES string of the molecule is Cc1csc(CCC2CNCCN2C)n1. The molecule has 2 rings (SSSR count). The highest BCUT2D eigenvalue weighted by atomic mass is 32.1. The molecule has 0 bridgehead atoms. The van der Waals surface area contributed by atoms with Gasteiger partial charge in [-0.3, -0.25) is 0 Å². The van der Waals surface area contributed by atoms with Gasteiger partial charge in [-0.1, -0.05) is 0 Å². The minimum absolute atomic E-state index is 0.683. The summed E-state index contributed by atoms with van der Waals surface area (Å²) < 4.78 is 0. The first kappa shape index (κ1) is 11.0. The molecule has 1 atom stereocenters. The van der Waals surface area contributed by atoms with Crippen LogP contribution < -0.4 is 5.32 Å². The largest absolute Gasteiger partial charge is 0.314 e. The standard InChI is InChI=1S/C11H19N3S/c1-9-8-15-11(13-9)4-3-10-7-12-5-6-14(10)2/h8,10,12H,3-7H2,1-2H3. The number of piperazine rings is 1. The lowest BCUT2D eigenvalue weighted by atomic mass is 10.1. The summed E-state index contributed by atoms with van der Waals surface area (Å²) in [4.78, 5) is 6.96. The summed E-state index contributed by atoms with van der Waals surface area (Å²) in [6, 6.07) is 0.683.